The van der Waals surface area contributed by atoms with Gasteiger partial charge in [-0.25, -0.2) is 4.79 Å². The number of hydrogen-bond donors (Lipinski definition) is 0. The highest BCUT2D eigenvalue weighted by molar-refractivity contribution is 7.12. The molecule has 2 heterocycles. The number of nitrogens with zero attached hydrogens (tertiary/aromatic N) is 2. The van der Waals surface area contributed by atoms with Gasteiger partial charge in [-0.15, -0.1) is 11.3 Å². The number of carbonyl (C=O) groups is 2. The third-order valence-corrected chi connectivity index (χ3v) is 4.78. The van der Waals surface area contributed by atoms with Crippen LogP contribution in [0.1, 0.15) is 43.3 Å². The first-order valence-electron chi connectivity index (χ1n) is 8.01. The lowest BCUT2D eigenvalue weighted by Crippen LogP contribution is -2.50. The average Bonchev–Trinajstić information content (AvgIpc) is 2.99. The van der Waals surface area contributed by atoms with Crippen LogP contribution in [0.2, 0.25) is 0 Å². The van der Waals surface area contributed by atoms with E-state index in [1.54, 1.807) is 11.9 Å². The summed E-state index contributed by atoms with van der Waals surface area (Å²) in [5.74, 6) is 0.153. The number of amides is 1. The van der Waals surface area contributed by atoms with E-state index in [2.05, 4.69) is 4.90 Å². The van der Waals surface area contributed by atoms with Crippen molar-refractivity contribution < 1.29 is 14.3 Å². The van der Waals surface area contributed by atoms with Gasteiger partial charge in [-0.1, -0.05) is 6.07 Å². The molecule has 1 aromatic rings. The zero-order chi connectivity index (χ0) is 17.0. The largest absolute Gasteiger partial charge is 0.444 e. The van der Waals surface area contributed by atoms with E-state index < -0.39 is 5.60 Å². The Balaban J connectivity index is 1.90. The fourth-order valence-corrected chi connectivity index (χ4v) is 3.35. The van der Waals surface area contributed by atoms with Crippen molar-refractivity contribution >= 4 is 23.2 Å². The van der Waals surface area contributed by atoms with Crippen molar-refractivity contribution in [2.24, 2.45) is 0 Å². The van der Waals surface area contributed by atoms with Gasteiger partial charge in [0, 0.05) is 19.6 Å². The summed E-state index contributed by atoms with van der Waals surface area (Å²) in [5, 5.41) is 1.92. The Morgan fingerprint density at radius 3 is 2.78 bits per heavy atom. The van der Waals surface area contributed by atoms with Gasteiger partial charge in [-0.2, -0.15) is 0 Å². The third kappa shape index (κ3) is 5.32. The summed E-state index contributed by atoms with van der Waals surface area (Å²) >= 11 is 1.48. The minimum atomic E-state index is -0.491. The number of ether oxygens (including phenoxy) is 1. The van der Waals surface area contributed by atoms with Crippen molar-refractivity contribution in [3.05, 3.63) is 22.4 Å². The topological polar surface area (TPSA) is 49.9 Å². The molecule has 6 heteroatoms. The van der Waals surface area contributed by atoms with Crippen LogP contribution in [0.15, 0.2) is 17.5 Å². The average molecular weight is 338 g/mol. The van der Waals surface area contributed by atoms with Crippen LogP contribution in [0, 0.1) is 0 Å². The molecule has 128 valence electrons. The first-order valence-corrected chi connectivity index (χ1v) is 8.89. The predicted octanol–water partition coefficient (Wildman–Crippen LogP) is 3.26. The van der Waals surface area contributed by atoms with Gasteiger partial charge in [-0.3, -0.25) is 9.69 Å². The number of ketones is 1. The summed E-state index contributed by atoms with van der Waals surface area (Å²) in [6, 6.07) is 3.85. The van der Waals surface area contributed by atoms with Crippen LogP contribution >= 0.6 is 11.3 Å². The van der Waals surface area contributed by atoms with E-state index in [9.17, 15) is 9.59 Å². The Morgan fingerprint density at radius 1 is 1.43 bits per heavy atom. The molecule has 1 atom stereocenters. The molecule has 0 bridgehead atoms. The number of likely N-dealkylation sites (N-methyl/N-ethyl adjacent to an activating group) is 1. The molecule has 0 aromatic carbocycles. The van der Waals surface area contributed by atoms with Crippen LogP contribution in [-0.4, -0.2) is 60.0 Å². The molecule has 5 nitrogen and oxygen atoms in total. The second kappa shape index (κ2) is 7.45. The zero-order valence-corrected chi connectivity index (χ0v) is 15.2. The Hall–Kier alpha value is -1.40. The van der Waals surface area contributed by atoms with Crippen LogP contribution in [-0.2, 0) is 4.74 Å². The van der Waals surface area contributed by atoms with Gasteiger partial charge in [-0.05, 0) is 51.6 Å². The Bertz CT molecular complexity index is 537. The number of thiophene rings is 1. The lowest BCUT2D eigenvalue weighted by Gasteiger charge is -2.37. The molecule has 0 saturated carbocycles. The fourth-order valence-electron chi connectivity index (χ4n) is 2.69. The second-order valence-electron chi connectivity index (χ2n) is 7.02. The SMILES string of the molecule is CN(C(=O)OC(C)(C)C)[C@@H]1CCCN(CC(=O)c2cccs2)C1. The lowest BCUT2D eigenvalue weighted by molar-refractivity contribution is 0.0139. The van der Waals surface area contributed by atoms with Crippen molar-refractivity contribution in [2.75, 3.05) is 26.7 Å². The normalized spacial score (nSPS) is 19.4. The van der Waals surface area contributed by atoms with Gasteiger partial charge in [0.2, 0.25) is 0 Å². The summed E-state index contributed by atoms with van der Waals surface area (Å²) in [6.07, 6.45) is 1.63. The summed E-state index contributed by atoms with van der Waals surface area (Å²) in [6.45, 7) is 7.63. The molecule has 0 aliphatic carbocycles. The number of likely N-dealkylation sites (tertiary alicyclic amines) is 1. The molecule has 1 aromatic heterocycles. The maximum absolute atomic E-state index is 12.2. The molecule has 23 heavy (non-hydrogen) atoms. The first kappa shape index (κ1) is 17.9. The van der Waals surface area contributed by atoms with Crippen molar-refractivity contribution in [3.8, 4) is 0 Å². The molecule has 0 unspecified atom stereocenters. The molecular weight excluding hydrogens is 312 g/mol. The molecule has 0 radical (unpaired) electrons. The number of piperidine rings is 1. The molecule has 0 spiro atoms. The van der Waals surface area contributed by atoms with Crippen LogP contribution in [0.5, 0.6) is 0 Å². The van der Waals surface area contributed by atoms with Crippen LogP contribution < -0.4 is 0 Å². The summed E-state index contributed by atoms with van der Waals surface area (Å²) in [5.41, 5.74) is -0.491. The summed E-state index contributed by atoms with van der Waals surface area (Å²) in [7, 11) is 1.78. The minimum absolute atomic E-state index is 0.0923. The molecule has 1 aliphatic heterocycles. The number of hydrogen-bond acceptors (Lipinski definition) is 5. The maximum atomic E-state index is 12.2. The zero-order valence-electron chi connectivity index (χ0n) is 14.4. The fraction of sp³-hybridized carbons (Fsp3) is 0.647. The highest BCUT2D eigenvalue weighted by Gasteiger charge is 2.29. The molecular formula is C17H26N2O3S. The molecule has 1 aliphatic rings. The highest BCUT2D eigenvalue weighted by Crippen LogP contribution is 2.19. The quantitative estimate of drug-likeness (QED) is 0.791. The molecule has 1 saturated heterocycles. The molecule has 0 N–H and O–H groups in total. The first-order chi connectivity index (χ1) is 10.8. The number of rotatable bonds is 4. The van der Waals surface area contributed by atoms with Gasteiger partial charge >= 0.3 is 6.09 Å². The van der Waals surface area contributed by atoms with E-state index >= 15 is 0 Å². The van der Waals surface area contributed by atoms with Gasteiger partial charge in [0.05, 0.1) is 11.4 Å². The smallest absolute Gasteiger partial charge is 0.410 e. The van der Waals surface area contributed by atoms with Gasteiger partial charge < -0.3 is 9.64 Å². The van der Waals surface area contributed by atoms with Gasteiger partial charge in [0.25, 0.3) is 0 Å². The van der Waals surface area contributed by atoms with E-state index in [1.807, 2.05) is 38.3 Å². The third-order valence-electron chi connectivity index (χ3n) is 3.87. The van der Waals surface area contributed by atoms with E-state index in [-0.39, 0.29) is 17.9 Å². The maximum Gasteiger partial charge on any atom is 0.410 e. The number of Topliss-reactive ketones (excluding diaryl/α,β-unsaturated/α-hetero) is 1. The Kier molecular flexibility index (Phi) is 5.81. The standard InChI is InChI=1S/C17H26N2O3S/c1-17(2,3)22-16(21)18(4)13-7-5-9-19(11-13)12-14(20)15-8-6-10-23-15/h6,8,10,13H,5,7,9,11-12H2,1-4H3/t13-/m1/s1. The molecule has 1 fully saturated rings. The van der Waals surface area contributed by atoms with E-state index in [1.165, 1.54) is 11.3 Å². The van der Waals surface area contributed by atoms with Crippen LogP contribution in [0.4, 0.5) is 4.79 Å². The summed E-state index contributed by atoms with van der Waals surface area (Å²) in [4.78, 5) is 29.0. The monoisotopic (exact) mass is 338 g/mol. The summed E-state index contributed by atoms with van der Waals surface area (Å²) < 4.78 is 5.43. The molecule has 2 rings (SSSR count). The second-order valence-corrected chi connectivity index (χ2v) is 7.97. The highest BCUT2D eigenvalue weighted by atomic mass is 32.1. The van der Waals surface area contributed by atoms with Crippen molar-refractivity contribution in [1.82, 2.24) is 9.80 Å². The predicted molar refractivity (Wildman–Crippen MR) is 92.1 cm³/mol. The van der Waals surface area contributed by atoms with E-state index in [0.717, 1.165) is 24.3 Å². The van der Waals surface area contributed by atoms with Crippen LogP contribution in [0.25, 0.3) is 0 Å². The van der Waals surface area contributed by atoms with Gasteiger partial charge in [0.15, 0.2) is 5.78 Å². The van der Waals surface area contributed by atoms with Crippen molar-refractivity contribution in [1.29, 1.82) is 0 Å². The Morgan fingerprint density at radius 2 is 2.17 bits per heavy atom. The van der Waals surface area contributed by atoms with Crippen molar-refractivity contribution in [3.63, 3.8) is 0 Å². The minimum Gasteiger partial charge on any atom is -0.444 e. The van der Waals surface area contributed by atoms with Gasteiger partial charge in [0.1, 0.15) is 5.60 Å². The Labute approximate surface area is 142 Å². The van der Waals surface area contributed by atoms with E-state index in [0.29, 0.717) is 13.1 Å². The molecule has 1 amide bonds. The van der Waals surface area contributed by atoms with Crippen molar-refractivity contribution in [2.45, 2.75) is 45.3 Å². The van der Waals surface area contributed by atoms with Crippen LogP contribution in [0.3, 0.4) is 0 Å². The lowest BCUT2D eigenvalue weighted by atomic mass is 10.0. The van der Waals surface area contributed by atoms with E-state index in [4.69, 9.17) is 4.74 Å². The number of carbonyl (C=O) groups excluding carboxylic acids is 2.